The summed E-state index contributed by atoms with van der Waals surface area (Å²) in [6, 6.07) is 18.2. The molecule has 0 radical (unpaired) electrons. The Balaban J connectivity index is 1.61. The number of carbonyl (C=O) groups is 1. The molecule has 134 valence electrons. The van der Waals surface area contributed by atoms with Gasteiger partial charge in [-0.1, -0.05) is 36.4 Å². The molecule has 0 fully saturated rings. The standard InChI is InChI=1S/C21H17N3O2S/c1-14-6-5-11-22-21(14)27(26)13-19-23-17-10-9-16(12-18(17)24-19)20(25)15-7-3-2-4-8-15/h2-12H,13H2,1H3,(H,23,24). The van der Waals surface area contributed by atoms with Gasteiger partial charge >= 0.3 is 0 Å². The van der Waals surface area contributed by atoms with Crippen molar-refractivity contribution in [2.75, 3.05) is 0 Å². The lowest BCUT2D eigenvalue weighted by Gasteiger charge is -2.02. The predicted molar refractivity (Wildman–Crippen MR) is 105 cm³/mol. The van der Waals surface area contributed by atoms with Crippen LogP contribution in [0.4, 0.5) is 0 Å². The van der Waals surface area contributed by atoms with Gasteiger partial charge in [0.15, 0.2) is 5.78 Å². The van der Waals surface area contributed by atoms with Crippen LogP contribution in [0.15, 0.2) is 71.9 Å². The van der Waals surface area contributed by atoms with Crippen molar-refractivity contribution in [3.8, 4) is 0 Å². The van der Waals surface area contributed by atoms with Gasteiger partial charge in [-0.15, -0.1) is 0 Å². The number of fused-ring (bicyclic) bond motifs is 1. The molecule has 2 aromatic heterocycles. The van der Waals surface area contributed by atoms with Crippen LogP contribution in [0.25, 0.3) is 11.0 Å². The first-order chi connectivity index (χ1) is 13.1. The molecule has 4 rings (SSSR count). The van der Waals surface area contributed by atoms with E-state index in [0.29, 0.717) is 22.0 Å². The zero-order valence-corrected chi connectivity index (χ0v) is 15.5. The van der Waals surface area contributed by atoms with E-state index in [1.807, 2.05) is 37.3 Å². The number of hydrogen-bond acceptors (Lipinski definition) is 4. The average Bonchev–Trinajstić information content (AvgIpc) is 3.09. The minimum Gasteiger partial charge on any atom is -0.341 e. The van der Waals surface area contributed by atoms with Crippen LogP contribution >= 0.6 is 0 Å². The number of carbonyl (C=O) groups excluding carboxylic acids is 1. The first-order valence-corrected chi connectivity index (χ1v) is 9.82. The van der Waals surface area contributed by atoms with E-state index in [0.717, 1.165) is 16.6 Å². The monoisotopic (exact) mass is 375 g/mol. The van der Waals surface area contributed by atoms with Gasteiger partial charge < -0.3 is 4.98 Å². The summed E-state index contributed by atoms with van der Waals surface area (Å²) in [5.74, 6) is 0.813. The maximum absolute atomic E-state index is 12.6. The quantitative estimate of drug-likeness (QED) is 0.538. The zero-order chi connectivity index (χ0) is 18.8. The van der Waals surface area contributed by atoms with E-state index in [2.05, 4.69) is 15.0 Å². The minimum atomic E-state index is -1.29. The van der Waals surface area contributed by atoms with Crippen LogP contribution in [-0.2, 0) is 16.6 Å². The number of aromatic amines is 1. The molecule has 0 aliphatic rings. The number of ketones is 1. The predicted octanol–water partition coefficient (Wildman–Crippen LogP) is 3.81. The summed E-state index contributed by atoms with van der Waals surface area (Å²) in [5.41, 5.74) is 3.61. The highest BCUT2D eigenvalue weighted by molar-refractivity contribution is 7.84. The Morgan fingerprint density at radius 1 is 1.04 bits per heavy atom. The number of H-pyrrole nitrogens is 1. The molecule has 0 amide bonds. The fourth-order valence-electron chi connectivity index (χ4n) is 2.93. The van der Waals surface area contributed by atoms with Gasteiger partial charge in [-0.3, -0.25) is 9.00 Å². The molecule has 1 unspecified atom stereocenters. The third kappa shape index (κ3) is 3.57. The smallest absolute Gasteiger partial charge is 0.193 e. The highest BCUT2D eigenvalue weighted by Crippen LogP contribution is 2.19. The number of pyridine rings is 1. The molecule has 27 heavy (non-hydrogen) atoms. The van der Waals surface area contributed by atoms with Gasteiger partial charge in [0.1, 0.15) is 10.9 Å². The molecule has 0 saturated carbocycles. The normalized spacial score (nSPS) is 12.2. The Morgan fingerprint density at radius 2 is 1.85 bits per heavy atom. The maximum Gasteiger partial charge on any atom is 0.193 e. The number of hydrogen-bond donors (Lipinski definition) is 1. The summed E-state index contributed by atoms with van der Waals surface area (Å²) in [5, 5.41) is 0.568. The second-order valence-electron chi connectivity index (χ2n) is 6.23. The Kier molecular flexibility index (Phi) is 4.64. The first kappa shape index (κ1) is 17.3. The fraction of sp³-hybridized carbons (Fsp3) is 0.0952. The van der Waals surface area contributed by atoms with E-state index < -0.39 is 10.8 Å². The van der Waals surface area contributed by atoms with Gasteiger partial charge in [0, 0.05) is 17.3 Å². The lowest BCUT2D eigenvalue weighted by Crippen LogP contribution is -2.02. The van der Waals surface area contributed by atoms with Crippen LogP contribution < -0.4 is 0 Å². The number of aryl methyl sites for hydroxylation is 1. The Bertz CT molecular complexity index is 1150. The van der Waals surface area contributed by atoms with Crippen LogP contribution in [-0.4, -0.2) is 24.9 Å². The largest absolute Gasteiger partial charge is 0.341 e. The number of nitrogens with zero attached hydrogens (tertiary/aromatic N) is 2. The van der Waals surface area contributed by atoms with Crippen molar-refractivity contribution in [3.63, 3.8) is 0 Å². The molecular formula is C21H17N3O2S. The van der Waals surface area contributed by atoms with Gasteiger partial charge in [-0.25, -0.2) is 9.97 Å². The van der Waals surface area contributed by atoms with Gasteiger partial charge in [0.2, 0.25) is 0 Å². The van der Waals surface area contributed by atoms with Gasteiger partial charge in [-0.2, -0.15) is 0 Å². The molecule has 0 aliphatic carbocycles. The van der Waals surface area contributed by atoms with E-state index in [9.17, 15) is 9.00 Å². The van der Waals surface area contributed by atoms with Crippen molar-refractivity contribution in [1.29, 1.82) is 0 Å². The number of rotatable bonds is 5. The summed E-state index contributed by atoms with van der Waals surface area (Å²) in [7, 11) is -1.29. The van der Waals surface area contributed by atoms with E-state index in [1.54, 1.807) is 36.5 Å². The van der Waals surface area contributed by atoms with Crippen molar-refractivity contribution in [1.82, 2.24) is 15.0 Å². The summed E-state index contributed by atoms with van der Waals surface area (Å²) < 4.78 is 12.6. The van der Waals surface area contributed by atoms with E-state index >= 15 is 0 Å². The molecular weight excluding hydrogens is 358 g/mol. The summed E-state index contributed by atoms with van der Waals surface area (Å²) in [6.07, 6.45) is 1.64. The van der Waals surface area contributed by atoms with Crippen molar-refractivity contribution >= 4 is 27.6 Å². The second kappa shape index (κ2) is 7.25. The highest BCUT2D eigenvalue weighted by Gasteiger charge is 2.14. The second-order valence-corrected chi connectivity index (χ2v) is 7.59. The first-order valence-electron chi connectivity index (χ1n) is 8.50. The van der Waals surface area contributed by atoms with Gasteiger partial charge in [0.05, 0.1) is 27.6 Å². The lowest BCUT2D eigenvalue weighted by molar-refractivity contribution is 0.103. The molecule has 0 bridgehead atoms. The van der Waals surface area contributed by atoms with Crippen molar-refractivity contribution in [2.24, 2.45) is 0 Å². The lowest BCUT2D eigenvalue weighted by atomic mass is 10.0. The minimum absolute atomic E-state index is 0.0404. The SMILES string of the molecule is Cc1cccnc1S(=O)Cc1nc2ccc(C(=O)c3ccccc3)cc2[nH]1. The van der Waals surface area contributed by atoms with E-state index in [1.165, 1.54) is 0 Å². The van der Waals surface area contributed by atoms with E-state index in [4.69, 9.17) is 0 Å². The molecule has 6 heteroatoms. The van der Waals surface area contributed by atoms with Crippen molar-refractivity contribution < 1.29 is 9.00 Å². The molecule has 2 heterocycles. The van der Waals surface area contributed by atoms with E-state index in [-0.39, 0.29) is 11.5 Å². The summed E-state index contributed by atoms with van der Waals surface area (Å²) in [4.78, 5) is 24.5. The van der Waals surface area contributed by atoms with Crippen molar-refractivity contribution in [2.45, 2.75) is 17.7 Å². The maximum atomic E-state index is 12.6. The topological polar surface area (TPSA) is 75.7 Å². The van der Waals surface area contributed by atoms with Crippen LogP contribution in [0.3, 0.4) is 0 Å². The van der Waals surface area contributed by atoms with Gasteiger partial charge in [0.25, 0.3) is 0 Å². The molecule has 4 aromatic rings. The molecule has 0 aliphatic heterocycles. The molecule has 0 spiro atoms. The average molecular weight is 375 g/mol. The number of benzene rings is 2. The van der Waals surface area contributed by atoms with Gasteiger partial charge in [-0.05, 0) is 36.8 Å². The Morgan fingerprint density at radius 3 is 2.63 bits per heavy atom. The third-order valence-electron chi connectivity index (χ3n) is 4.27. The van der Waals surface area contributed by atoms with Crippen LogP contribution in [0.2, 0.25) is 0 Å². The summed E-state index contributed by atoms with van der Waals surface area (Å²) >= 11 is 0. The Labute approximate surface area is 159 Å². The third-order valence-corrected chi connectivity index (χ3v) is 5.67. The van der Waals surface area contributed by atoms with Crippen LogP contribution in [0.1, 0.15) is 27.3 Å². The number of nitrogens with one attached hydrogen (secondary N) is 1. The molecule has 0 saturated heterocycles. The number of imidazole rings is 1. The van der Waals surface area contributed by atoms with Crippen molar-refractivity contribution in [3.05, 3.63) is 89.4 Å². The zero-order valence-electron chi connectivity index (χ0n) is 14.7. The fourth-order valence-corrected chi connectivity index (χ4v) is 4.06. The number of aromatic nitrogens is 3. The van der Waals surface area contributed by atoms with Crippen LogP contribution in [0.5, 0.6) is 0 Å². The molecule has 2 aromatic carbocycles. The van der Waals surface area contributed by atoms with Crippen LogP contribution in [0, 0.1) is 6.92 Å². The highest BCUT2D eigenvalue weighted by atomic mass is 32.2. The molecule has 1 N–H and O–H groups in total. The summed E-state index contributed by atoms with van der Waals surface area (Å²) in [6.45, 7) is 1.89. The Hall–Kier alpha value is -3.12. The molecule has 1 atom stereocenters. The molecule has 5 nitrogen and oxygen atoms in total.